The van der Waals surface area contributed by atoms with Gasteiger partial charge in [0.15, 0.2) is 0 Å². The number of fused-ring (bicyclic) bond motifs is 1. The van der Waals surface area contributed by atoms with Crippen molar-refractivity contribution in [2.45, 2.75) is 35.9 Å². The molecule has 2 aliphatic heterocycles. The third kappa shape index (κ3) is 5.32. The fourth-order valence-corrected chi connectivity index (χ4v) is 7.07. The molecule has 3 heterocycles. The molecule has 1 unspecified atom stereocenters. The molecule has 2 atom stereocenters. The Morgan fingerprint density at radius 2 is 1.94 bits per heavy atom. The number of benzene rings is 1. The second-order valence-electron chi connectivity index (χ2n) is 8.40. The minimum Gasteiger partial charge on any atom is -0.369 e. The summed E-state index contributed by atoms with van der Waals surface area (Å²) in [6, 6.07) is 5.73. The van der Waals surface area contributed by atoms with E-state index >= 15 is 0 Å². The monoisotopic (exact) mass is 512 g/mol. The first-order valence-corrected chi connectivity index (χ1v) is 13.4. The van der Waals surface area contributed by atoms with Gasteiger partial charge in [-0.05, 0) is 55.3 Å². The number of piperidine rings is 2. The predicted octanol–water partition coefficient (Wildman–Crippen LogP) is 1.55. The van der Waals surface area contributed by atoms with Crippen molar-refractivity contribution in [2.75, 3.05) is 26.2 Å². The van der Waals surface area contributed by atoms with Crippen molar-refractivity contribution >= 4 is 60.8 Å². The number of rotatable bonds is 6. The van der Waals surface area contributed by atoms with Crippen LogP contribution in [-0.2, 0) is 24.4 Å². The fraction of sp³-hybridized carbons (Fsp3) is 0.476. The lowest BCUT2D eigenvalue weighted by molar-refractivity contribution is -0.144. The van der Waals surface area contributed by atoms with Gasteiger partial charge in [-0.15, -0.1) is 11.3 Å². The summed E-state index contributed by atoms with van der Waals surface area (Å²) in [5, 5.41) is 1.22. The molecule has 0 aliphatic carbocycles. The Balaban J connectivity index is 1.42. The molecule has 0 bridgehead atoms. The van der Waals surface area contributed by atoms with E-state index in [0.29, 0.717) is 49.2 Å². The summed E-state index contributed by atoms with van der Waals surface area (Å²) in [7, 11) is -3.93. The maximum atomic E-state index is 13.0. The Bertz CT molecular complexity index is 1200. The average molecular weight is 513 g/mol. The van der Waals surface area contributed by atoms with Crippen LogP contribution in [0.5, 0.6) is 0 Å². The number of nitrogens with zero attached hydrogens (tertiary/aromatic N) is 2. The van der Waals surface area contributed by atoms with Gasteiger partial charge in [-0.25, -0.2) is 8.42 Å². The van der Waals surface area contributed by atoms with Crippen LogP contribution >= 0.6 is 22.9 Å². The van der Waals surface area contributed by atoms with E-state index in [1.165, 1.54) is 11.0 Å². The number of thiophene rings is 1. The predicted molar refractivity (Wildman–Crippen MR) is 125 cm³/mol. The summed E-state index contributed by atoms with van der Waals surface area (Å²) in [4.78, 5) is 40.2. The Hall–Kier alpha value is -2.21. The number of likely N-dealkylation sites (tertiary alicyclic amines) is 2. The highest BCUT2D eigenvalue weighted by atomic mass is 35.5. The highest BCUT2D eigenvalue weighted by molar-refractivity contribution is 7.91. The number of nitrogens with one attached hydrogen (secondary N) is 1. The van der Waals surface area contributed by atoms with Gasteiger partial charge in [-0.2, -0.15) is 4.72 Å². The molecule has 0 radical (unpaired) electrons. The van der Waals surface area contributed by atoms with Gasteiger partial charge in [0.25, 0.3) is 10.0 Å². The average Bonchev–Trinajstić information content (AvgIpc) is 3.20. The second kappa shape index (κ2) is 9.57. The molecule has 1 aromatic heterocycles. The third-order valence-electron chi connectivity index (χ3n) is 6.05. The van der Waals surface area contributed by atoms with Crippen LogP contribution < -0.4 is 10.5 Å². The summed E-state index contributed by atoms with van der Waals surface area (Å²) in [5.41, 5.74) is 5.38. The van der Waals surface area contributed by atoms with Gasteiger partial charge in [0.2, 0.25) is 17.7 Å². The molecule has 1 aromatic carbocycles. The summed E-state index contributed by atoms with van der Waals surface area (Å²) < 4.78 is 29.3. The number of sulfonamides is 1. The molecule has 2 fully saturated rings. The van der Waals surface area contributed by atoms with Crippen LogP contribution in [0.15, 0.2) is 28.5 Å². The molecule has 3 amide bonds. The van der Waals surface area contributed by atoms with Crippen LogP contribution in [0.3, 0.4) is 0 Å². The smallest absolute Gasteiger partial charge is 0.250 e. The van der Waals surface area contributed by atoms with E-state index in [1.807, 2.05) is 0 Å². The summed E-state index contributed by atoms with van der Waals surface area (Å²) in [6.45, 7) is 0.986. The lowest BCUT2D eigenvalue weighted by atomic mass is 9.97. The molecular weight excluding hydrogens is 488 g/mol. The number of carbonyl (C=O) groups excluding carboxylic acids is 3. The first-order chi connectivity index (χ1) is 15.6. The maximum Gasteiger partial charge on any atom is 0.250 e. The van der Waals surface area contributed by atoms with E-state index in [4.69, 9.17) is 17.3 Å². The minimum absolute atomic E-state index is 0.103. The second-order valence-corrected chi connectivity index (χ2v) is 11.9. The standard InChI is InChI=1S/C21H25ClN4O5S2/c22-15-5-6-17-14(9-15)10-19(32-17)33(30,31)24-16-4-2-8-26(21(16)29)12-18(27)25-7-1-3-13(11-25)20(23)28/h5-6,9-10,13,16,24H,1-4,7-8,11-12H2,(H2,23,28)/t13?,16-/m0/s1. The Morgan fingerprint density at radius 1 is 1.18 bits per heavy atom. The van der Waals surface area contributed by atoms with Crippen molar-refractivity contribution in [2.24, 2.45) is 11.7 Å². The van der Waals surface area contributed by atoms with Crippen LogP contribution in [0.2, 0.25) is 5.02 Å². The van der Waals surface area contributed by atoms with E-state index in [9.17, 15) is 22.8 Å². The molecular formula is C21H25ClN4O5S2. The number of nitrogens with two attached hydrogens (primary N) is 1. The maximum absolute atomic E-state index is 13.0. The zero-order chi connectivity index (χ0) is 23.8. The largest absolute Gasteiger partial charge is 0.369 e. The summed E-state index contributed by atoms with van der Waals surface area (Å²) in [5.74, 6) is -1.50. The van der Waals surface area contributed by atoms with Gasteiger partial charge in [0.05, 0.1) is 12.5 Å². The zero-order valence-corrected chi connectivity index (χ0v) is 20.2. The highest BCUT2D eigenvalue weighted by Gasteiger charge is 2.35. The van der Waals surface area contributed by atoms with Crippen LogP contribution in [0, 0.1) is 5.92 Å². The molecule has 2 saturated heterocycles. The molecule has 178 valence electrons. The number of carbonyl (C=O) groups is 3. The summed E-state index contributed by atoms with van der Waals surface area (Å²) >= 11 is 7.09. The number of halogens is 1. The molecule has 4 rings (SSSR count). The quantitative estimate of drug-likeness (QED) is 0.606. The van der Waals surface area contributed by atoms with Crippen molar-refractivity contribution in [3.05, 3.63) is 29.3 Å². The van der Waals surface area contributed by atoms with Crippen LogP contribution in [0.4, 0.5) is 0 Å². The van der Waals surface area contributed by atoms with Crippen molar-refractivity contribution in [1.29, 1.82) is 0 Å². The van der Waals surface area contributed by atoms with Crippen molar-refractivity contribution in [3.8, 4) is 0 Å². The first-order valence-electron chi connectivity index (χ1n) is 10.7. The van der Waals surface area contributed by atoms with E-state index in [2.05, 4.69) is 4.72 Å². The Kier molecular flexibility index (Phi) is 6.94. The first kappa shape index (κ1) is 23.9. The van der Waals surface area contributed by atoms with E-state index in [1.54, 1.807) is 23.1 Å². The van der Waals surface area contributed by atoms with Gasteiger partial charge in [-0.3, -0.25) is 14.4 Å². The molecule has 2 aromatic rings. The highest BCUT2D eigenvalue weighted by Crippen LogP contribution is 2.31. The van der Waals surface area contributed by atoms with Gasteiger partial charge < -0.3 is 15.5 Å². The van der Waals surface area contributed by atoms with E-state index < -0.39 is 27.9 Å². The third-order valence-corrected chi connectivity index (χ3v) is 9.35. The molecule has 3 N–H and O–H groups in total. The normalized spacial score (nSPS) is 22.0. The van der Waals surface area contributed by atoms with Crippen molar-refractivity contribution < 1.29 is 22.8 Å². The van der Waals surface area contributed by atoms with Crippen LogP contribution in [0.1, 0.15) is 25.7 Å². The molecule has 0 saturated carbocycles. The zero-order valence-electron chi connectivity index (χ0n) is 17.8. The minimum atomic E-state index is -3.93. The molecule has 0 spiro atoms. The number of hydrogen-bond donors (Lipinski definition) is 2. The van der Waals surface area contributed by atoms with Gasteiger partial charge in [0, 0.05) is 29.4 Å². The molecule has 9 nitrogen and oxygen atoms in total. The molecule has 33 heavy (non-hydrogen) atoms. The fourth-order valence-electron chi connectivity index (χ4n) is 4.27. The number of amides is 3. The van der Waals surface area contributed by atoms with Gasteiger partial charge in [0.1, 0.15) is 10.3 Å². The van der Waals surface area contributed by atoms with Gasteiger partial charge in [-0.1, -0.05) is 11.6 Å². The summed E-state index contributed by atoms with van der Waals surface area (Å²) in [6.07, 6.45) is 2.25. The van der Waals surface area contributed by atoms with E-state index in [-0.39, 0.29) is 29.1 Å². The lowest BCUT2D eigenvalue weighted by Gasteiger charge is -2.35. The lowest BCUT2D eigenvalue weighted by Crippen LogP contribution is -2.55. The van der Waals surface area contributed by atoms with Crippen LogP contribution in [-0.4, -0.2) is 68.2 Å². The SMILES string of the molecule is NC(=O)C1CCCN(C(=O)CN2CCC[C@H](NS(=O)(=O)c3cc4cc(Cl)ccc4s3)C2=O)C1. The topological polar surface area (TPSA) is 130 Å². The molecule has 12 heteroatoms. The molecule has 2 aliphatic rings. The Labute approximate surface area is 200 Å². The van der Waals surface area contributed by atoms with Gasteiger partial charge >= 0.3 is 0 Å². The van der Waals surface area contributed by atoms with Crippen molar-refractivity contribution in [1.82, 2.24) is 14.5 Å². The Morgan fingerprint density at radius 3 is 2.70 bits per heavy atom. The number of primary amides is 1. The van der Waals surface area contributed by atoms with Crippen LogP contribution in [0.25, 0.3) is 10.1 Å². The van der Waals surface area contributed by atoms with Crippen molar-refractivity contribution in [3.63, 3.8) is 0 Å². The number of hydrogen-bond acceptors (Lipinski definition) is 6. The van der Waals surface area contributed by atoms with E-state index in [0.717, 1.165) is 16.0 Å².